The van der Waals surface area contributed by atoms with Crippen LogP contribution in [0.1, 0.15) is 5.56 Å². The highest BCUT2D eigenvalue weighted by atomic mass is 19.2. The van der Waals surface area contributed by atoms with Gasteiger partial charge in [-0.25, -0.2) is 13.8 Å². The Kier molecular flexibility index (Phi) is 2.76. The molecule has 1 heterocycles. The van der Waals surface area contributed by atoms with Crippen molar-refractivity contribution >= 4 is 11.1 Å². The van der Waals surface area contributed by atoms with Crippen LogP contribution in [0.2, 0.25) is 0 Å². The number of hydrogen-bond acceptors (Lipinski definition) is 3. The Morgan fingerprint density at radius 1 is 1.05 bits per heavy atom. The summed E-state index contributed by atoms with van der Waals surface area (Å²) >= 11 is 0. The van der Waals surface area contributed by atoms with Gasteiger partial charge in [-0.2, -0.15) is 0 Å². The number of rotatable bonds is 2. The van der Waals surface area contributed by atoms with E-state index in [0.29, 0.717) is 22.2 Å². The largest absolute Gasteiger partial charge is 0.436 e. The fourth-order valence-electron chi connectivity index (χ4n) is 1.82. The highest BCUT2D eigenvalue weighted by molar-refractivity contribution is 5.76. The van der Waals surface area contributed by atoms with Crippen molar-refractivity contribution in [2.24, 2.45) is 0 Å². The third kappa shape index (κ3) is 2.08. The van der Waals surface area contributed by atoms with E-state index in [9.17, 15) is 8.78 Å². The molecular weight excluding hydrogens is 252 g/mol. The number of oxazole rings is 1. The first-order chi connectivity index (χ1) is 9.17. The van der Waals surface area contributed by atoms with Gasteiger partial charge in [0.15, 0.2) is 17.2 Å². The summed E-state index contributed by atoms with van der Waals surface area (Å²) in [5.41, 5.74) is 2.15. The van der Waals surface area contributed by atoms with E-state index in [4.69, 9.17) is 9.52 Å². The molecule has 2 aromatic carbocycles. The van der Waals surface area contributed by atoms with Crippen molar-refractivity contribution in [1.82, 2.24) is 4.98 Å². The second kappa shape index (κ2) is 4.44. The second-order valence-corrected chi connectivity index (χ2v) is 4.11. The second-order valence-electron chi connectivity index (χ2n) is 4.11. The normalized spacial score (nSPS) is 11.1. The van der Waals surface area contributed by atoms with Crippen LogP contribution in [-0.2, 0) is 6.61 Å². The Hall–Kier alpha value is -2.27. The minimum Gasteiger partial charge on any atom is -0.436 e. The van der Waals surface area contributed by atoms with E-state index in [1.165, 1.54) is 6.07 Å². The molecule has 0 aliphatic rings. The molecule has 0 amide bonds. The monoisotopic (exact) mass is 261 g/mol. The van der Waals surface area contributed by atoms with Crippen LogP contribution in [0.5, 0.6) is 0 Å². The lowest BCUT2D eigenvalue weighted by atomic mass is 10.2. The SMILES string of the molecule is OCc1ccc2oc(-c3ccc(F)c(F)c3)nc2c1. The lowest BCUT2D eigenvalue weighted by molar-refractivity contribution is 0.282. The predicted octanol–water partition coefficient (Wildman–Crippen LogP) is 3.27. The van der Waals surface area contributed by atoms with E-state index in [1.807, 2.05) is 0 Å². The summed E-state index contributed by atoms with van der Waals surface area (Å²) in [6, 6.07) is 8.53. The Labute approximate surface area is 107 Å². The standard InChI is InChI=1S/C14H9F2NO2/c15-10-3-2-9(6-11(10)16)14-17-12-5-8(7-18)1-4-13(12)19-14/h1-6,18H,7H2. The maximum absolute atomic E-state index is 13.2. The summed E-state index contributed by atoms with van der Waals surface area (Å²) in [5.74, 6) is -1.65. The van der Waals surface area contributed by atoms with Gasteiger partial charge in [0.2, 0.25) is 5.89 Å². The molecule has 96 valence electrons. The maximum atomic E-state index is 13.2. The molecule has 19 heavy (non-hydrogen) atoms. The third-order valence-corrected chi connectivity index (χ3v) is 2.80. The van der Waals surface area contributed by atoms with Crippen molar-refractivity contribution in [2.75, 3.05) is 0 Å². The number of halogens is 2. The first-order valence-electron chi connectivity index (χ1n) is 5.63. The van der Waals surface area contributed by atoms with Crippen LogP contribution in [0, 0.1) is 11.6 Å². The molecule has 3 nitrogen and oxygen atoms in total. The molecule has 3 aromatic rings. The Morgan fingerprint density at radius 2 is 1.89 bits per heavy atom. The zero-order chi connectivity index (χ0) is 13.4. The first kappa shape index (κ1) is 11.8. The summed E-state index contributed by atoms with van der Waals surface area (Å²) in [6.45, 7) is -0.0939. The van der Waals surface area contributed by atoms with Crippen LogP contribution >= 0.6 is 0 Å². The van der Waals surface area contributed by atoms with Crippen molar-refractivity contribution in [2.45, 2.75) is 6.61 Å². The van der Waals surface area contributed by atoms with Crippen LogP contribution in [-0.4, -0.2) is 10.1 Å². The number of aliphatic hydroxyl groups excluding tert-OH is 1. The van der Waals surface area contributed by atoms with Crippen LogP contribution in [0.25, 0.3) is 22.6 Å². The van der Waals surface area contributed by atoms with Gasteiger partial charge in [0.25, 0.3) is 0 Å². The topological polar surface area (TPSA) is 46.3 Å². The number of fused-ring (bicyclic) bond motifs is 1. The van der Waals surface area contributed by atoms with Gasteiger partial charge in [-0.05, 0) is 35.9 Å². The van der Waals surface area contributed by atoms with Gasteiger partial charge in [0, 0.05) is 5.56 Å². The molecule has 0 aliphatic carbocycles. The third-order valence-electron chi connectivity index (χ3n) is 2.80. The highest BCUT2D eigenvalue weighted by Crippen LogP contribution is 2.26. The number of benzene rings is 2. The lowest BCUT2D eigenvalue weighted by Gasteiger charge is -1.96. The van der Waals surface area contributed by atoms with Gasteiger partial charge < -0.3 is 9.52 Å². The Morgan fingerprint density at radius 3 is 2.63 bits per heavy atom. The number of aromatic nitrogens is 1. The Balaban J connectivity index is 2.11. The van der Waals surface area contributed by atoms with Crippen molar-refractivity contribution < 1.29 is 18.3 Å². The maximum Gasteiger partial charge on any atom is 0.227 e. The van der Waals surface area contributed by atoms with Gasteiger partial charge in [-0.15, -0.1) is 0 Å². The van der Waals surface area contributed by atoms with Crippen molar-refractivity contribution in [3.8, 4) is 11.5 Å². The van der Waals surface area contributed by atoms with E-state index in [1.54, 1.807) is 18.2 Å². The molecule has 0 radical (unpaired) electrons. The highest BCUT2D eigenvalue weighted by Gasteiger charge is 2.11. The summed E-state index contributed by atoms with van der Waals surface area (Å²) in [4.78, 5) is 4.20. The van der Waals surface area contributed by atoms with Gasteiger partial charge in [-0.1, -0.05) is 6.07 Å². The van der Waals surface area contributed by atoms with Crippen molar-refractivity contribution in [3.63, 3.8) is 0 Å². The van der Waals surface area contributed by atoms with Crippen LogP contribution in [0.3, 0.4) is 0 Å². The quantitative estimate of drug-likeness (QED) is 0.770. The zero-order valence-corrected chi connectivity index (χ0v) is 9.73. The van der Waals surface area contributed by atoms with Crippen LogP contribution < -0.4 is 0 Å². The van der Waals surface area contributed by atoms with Gasteiger partial charge >= 0.3 is 0 Å². The molecule has 0 bridgehead atoms. The van der Waals surface area contributed by atoms with Crippen LogP contribution in [0.15, 0.2) is 40.8 Å². The lowest BCUT2D eigenvalue weighted by Crippen LogP contribution is -1.85. The number of nitrogens with zero attached hydrogens (tertiary/aromatic N) is 1. The summed E-state index contributed by atoms with van der Waals surface area (Å²) in [7, 11) is 0. The molecular formula is C14H9F2NO2. The minimum absolute atomic E-state index is 0.0939. The van der Waals surface area contributed by atoms with Crippen molar-refractivity contribution in [3.05, 3.63) is 53.6 Å². The molecule has 1 N–H and O–H groups in total. The van der Waals surface area contributed by atoms with Gasteiger partial charge in [0.05, 0.1) is 6.61 Å². The molecule has 5 heteroatoms. The Bertz CT molecular complexity index is 752. The van der Waals surface area contributed by atoms with Gasteiger partial charge in [-0.3, -0.25) is 0 Å². The number of aliphatic hydroxyl groups is 1. The predicted molar refractivity (Wildman–Crippen MR) is 65.3 cm³/mol. The van der Waals surface area contributed by atoms with Gasteiger partial charge in [0.1, 0.15) is 5.52 Å². The molecule has 0 atom stereocenters. The minimum atomic E-state index is -0.948. The fraction of sp³-hybridized carbons (Fsp3) is 0.0714. The zero-order valence-electron chi connectivity index (χ0n) is 9.73. The average Bonchev–Trinajstić information content (AvgIpc) is 2.84. The smallest absolute Gasteiger partial charge is 0.227 e. The molecule has 0 unspecified atom stereocenters. The molecule has 0 aliphatic heterocycles. The molecule has 1 aromatic heterocycles. The molecule has 0 saturated heterocycles. The molecule has 0 fully saturated rings. The van der Waals surface area contributed by atoms with E-state index < -0.39 is 11.6 Å². The fourth-order valence-corrected chi connectivity index (χ4v) is 1.82. The summed E-state index contributed by atoms with van der Waals surface area (Å²) in [5, 5.41) is 9.04. The first-order valence-corrected chi connectivity index (χ1v) is 5.63. The molecule has 3 rings (SSSR count). The van der Waals surface area contributed by atoms with E-state index >= 15 is 0 Å². The summed E-state index contributed by atoms with van der Waals surface area (Å²) in [6.07, 6.45) is 0. The van der Waals surface area contributed by atoms with Crippen LogP contribution in [0.4, 0.5) is 8.78 Å². The molecule has 0 saturated carbocycles. The van der Waals surface area contributed by atoms with E-state index in [-0.39, 0.29) is 12.5 Å². The number of hydrogen-bond donors (Lipinski definition) is 1. The van der Waals surface area contributed by atoms with E-state index in [2.05, 4.69) is 4.98 Å². The average molecular weight is 261 g/mol. The molecule has 0 spiro atoms. The van der Waals surface area contributed by atoms with Crippen molar-refractivity contribution in [1.29, 1.82) is 0 Å². The van der Waals surface area contributed by atoms with E-state index in [0.717, 1.165) is 12.1 Å². The summed E-state index contributed by atoms with van der Waals surface area (Å²) < 4.78 is 31.5.